The van der Waals surface area contributed by atoms with Crippen LogP contribution in [0.2, 0.25) is 0 Å². The highest BCUT2D eigenvalue weighted by Gasteiger charge is 2.71. The Bertz CT molecular complexity index is 1140. The molecule has 8 aliphatic rings. The number of aliphatic hydroxyl groups excluding tert-OH is 1. The maximum atomic E-state index is 13.6. The van der Waals surface area contributed by atoms with Crippen LogP contribution in [0.15, 0.2) is 24.3 Å². The summed E-state index contributed by atoms with van der Waals surface area (Å²) < 4.78 is 0. The van der Waals surface area contributed by atoms with Crippen LogP contribution in [0, 0.1) is 74.4 Å². The van der Waals surface area contributed by atoms with Gasteiger partial charge in [-0.05, 0) is 158 Å². The molecule has 0 spiro atoms. The van der Waals surface area contributed by atoms with Crippen molar-refractivity contribution in [3.8, 4) is 0 Å². The zero-order valence-electron chi connectivity index (χ0n) is 26.0. The van der Waals surface area contributed by atoms with Crippen molar-refractivity contribution in [3.05, 3.63) is 24.3 Å². The van der Waals surface area contributed by atoms with E-state index in [2.05, 4.69) is 52.0 Å². The molecule has 0 aromatic heterocycles. The second-order valence-corrected chi connectivity index (χ2v) is 17.8. The number of carbonyl (C=O) groups excluding carboxylic acids is 1. The highest BCUT2D eigenvalue weighted by atomic mass is 16.3. The lowest BCUT2D eigenvalue weighted by Gasteiger charge is -2.72. The summed E-state index contributed by atoms with van der Waals surface area (Å²) in [4.78, 5) is 13.6. The summed E-state index contributed by atoms with van der Waals surface area (Å²) in [7, 11) is 0. The third-order valence-corrected chi connectivity index (χ3v) is 16.9. The SMILES string of the molecule is C[C@]12C(CC[C@@H]3[C@H]1CC[C@]1(C)C=CC[C@@H]31)CC(O)CC2C12CC[C@@H]3[C@@H](CC[C@]4(C)C=CC[C@@H]34)[C@@]1(C)CCC(=O)C2. The Hall–Kier alpha value is -0.890. The van der Waals surface area contributed by atoms with E-state index in [4.69, 9.17) is 0 Å². The van der Waals surface area contributed by atoms with Gasteiger partial charge in [0.15, 0.2) is 0 Å². The van der Waals surface area contributed by atoms with E-state index in [1.165, 1.54) is 64.2 Å². The summed E-state index contributed by atoms with van der Waals surface area (Å²) in [6.07, 6.45) is 27.8. The van der Waals surface area contributed by atoms with Crippen molar-refractivity contribution in [2.75, 3.05) is 0 Å². The predicted molar refractivity (Wildman–Crippen MR) is 161 cm³/mol. The van der Waals surface area contributed by atoms with Crippen molar-refractivity contribution in [2.24, 2.45) is 74.4 Å². The minimum absolute atomic E-state index is 0.0776. The Morgan fingerprint density at radius 1 is 0.725 bits per heavy atom. The molecule has 0 aromatic carbocycles. The van der Waals surface area contributed by atoms with Gasteiger partial charge >= 0.3 is 0 Å². The smallest absolute Gasteiger partial charge is 0.133 e. The van der Waals surface area contributed by atoms with Crippen LogP contribution in [0.1, 0.15) is 124 Å². The van der Waals surface area contributed by atoms with Gasteiger partial charge in [-0.15, -0.1) is 0 Å². The fourth-order valence-corrected chi connectivity index (χ4v) is 14.9. The average Bonchev–Trinajstić information content (AvgIpc) is 3.51. The molecule has 220 valence electrons. The van der Waals surface area contributed by atoms with Crippen LogP contribution in [0.4, 0.5) is 0 Å². The van der Waals surface area contributed by atoms with Gasteiger partial charge in [-0.2, -0.15) is 0 Å². The molecular weight excluding hydrogens is 488 g/mol. The molecule has 8 rings (SSSR count). The van der Waals surface area contributed by atoms with Crippen molar-refractivity contribution < 1.29 is 9.90 Å². The highest BCUT2D eigenvalue weighted by Crippen LogP contribution is 2.77. The summed E-state index contributed by atoms with van der Waals surface area (Å²) >= 11 is 0. The van der Waals surface area contributed by atoms with E-state index in [1.54, 1.807) is 0 Å². The van der Waals surface area contributed by atoms with E-state index >= 15 is 0 Å². The van der Waals surface area contributed by atoms with Gasteiger partial charge in [-0.1, -0.05) is 52.0 Å². The standard InChI is InChI=1S/C38H56O2/c1-34-15-6-8-30(34)28-12-20-38(23-25(39)11-19-36(38,3)31(28)13-17-34)33-22-26(40)21-24-9-10-27-29-7-5-16-35(29,2)18-14-32(27)37(24,33)4/h5-6,15-16,24,26-33,40H,7-14,17-23H2,1-4H3/t24?,26?,27-,28-,29-,30-,31+,32+,33?,34-,35-,36+,37-,38?/m0/s1. The highest BCUT2D eigenvalue weighted by molar-refractivity contribution is 5.80. The molecule has 0 radical (unpaired) electrons. The van der Waals surface area contributed by atoms with Gasteiger partial charge in [0.2, 0.25) is 0 Å². The van der Waals surface area contributed by atoms with E-state index in [0.29, 0.717) is 28.4 Å². The number of ketones is 1. The summed E-state index contributed by atoms with van der Waals surface area (Å²) in [5.41, 5.74) is 1.38. The molecule has 1 N–H and O–H groups in total. The lowest BCUT2D eigenvalue weighted by Crippen LogP contribution is -2.67. The van der Waals surface area contributed by atoms with Crippen LogP contribution in [0.25, 0.3) is 0 Å². The number of Topliss-reactive ketones (excluding diaryl/α,β-unsaturated/α-hetero) is 1. The molecule has 0 amide bonds. The number of carbonyl (C=O) groups is 1. The monoisotopic (exact) mass is 544 g/mol. The second kappa shape index (κ2) is 8.60. The number of allylic oxidation sites excluding steroid dienone is 4. The summed E-state index contributed by atoms with van der Waals surface area (Å²) in [5.74, 6) is 6.45. The number of hydrogen-bond donors (Lipinski definition) is 1. The maximum absolute atomic E-state index is 13.6. The van der Waals surface area contributed by atoms with Crippen molar-refractivity contribution >= 4 is 5.78 Å². The molecule has 2 heteroatoms. The Balaban J connectivity index is 1.22. The summed E-state index contributed by atoms with van der Waals surface area (Å²) in [6.45, 7) is 10.5. The molecular formula is C38H56O2. The van der Waals surface area contributed by atoms with Crippen molar-refractivity contribution in [2.45, 2.75) is 130 Å². The third-order valence-electron chi connectivity index (χ3n) is 16.9. The zero-order valence-corrected chi connectivity index (χ0v) is 26.0. The Labute approximate surface area is 244 Å². The lowest BCUT2D eigenvalue weighted by molar-refractivity contribution is -0.245. The van der Waals surface area contributed by atoms with Gasteiger partial charge < -0.3 is 5.11 Å². The first-order chi connectivity index (χ1) is 19.0. The summed E-state index contributed by atoms with van der Waals surface area (Å²) in [5, 5.41) is 11.6. The molecule has 0 saturated heterocycles. The van der Waals surface area contributed by atoms with Gasteiger partial charge in [-0.3, -0.25) is 4.79 Å². The fourth-order valence-electron chi connectivity index (χ4n) is 14.9. The molecule has 0 bridgehead atoms. The Morgan fingerprint density at radius 2 is 1.38 bits per heavy atom. The van der Waals surface area contributed by atoms with Crippen molar-refractivity contribution in [1.82, 2.24) is 0 Å². The lowest BCUT2D eigenvalue weighted by atomic mass is 9.32. The molecule has 4 unspecified atom stereocenters. The molecule has 0 aliphatic heterocycles. The molecule has 6 fully saturated rings. The molecule has 40 heavy (non-hydrogen) atoms. The second-order valence-electron chi connectivity index (χ2n) is 17.8. The van der Waals surface area contributed by atoms with Gasteiger partial charge in [0.05, 0.1) is 6.10 Å². The van der Waals surface area contributed by atoms with E-state index in [1.807, 2.05) is 0 Å². The Kier molecular flexibility index (Phi) is 5.75. The van der Waals surface area contributed by atoms with Crippen LogP contribution in [0.3, 0.4) is 0 Å². The molecule has 8 aliphatic carbocycles. The fraction of sp³-hybridized carbons (Fsp3) is 0.868. The molecule has 14 atom stereocenters. The summed E-state index contributed by atoms with van der Waals surface area (Å²) in [6, 6.07) is 0. The molecule has 0 aromatic rings. The largest absolute Gasteiger partial charge is 0.393 e. The van der Waals surface area contributed by atoms with Crippen LogP contribution in [0.5, 0.6) is 0 Å². The van der Waals surface area contributed by atoms with E-state index in [-0.39, 0.29) is 22.3 Å². The number of aliphatic hydroxyl groups is 1. The van der Waals surface area contributed by atoms with Crippen molar-refractivity contribution in [1.29, 1.82) is 0 Å². The van der Waals surface area contributed by atoms with Gasteiger partial charge in [0, 0.05) is 12.8 Å². The zero-order chi connectivity index (χ0) is 27.7. The topological polar surface area (TPSA) is 37.3 Å². The first-order valence-corrected chi connectivity index (χ1v) is 17.6. The van der Waals surface area contributed by atoms with Crippen LogP contribution in [-0.2, 0) is 4.79 Å². The normalized spacial score (nSPS) is 60.2. The third kappa shape index (κ3) is 3.25. The van der Waals surface area contributed by atoms with Crippen LogP contribution in [-0.4, -0.2) is 17.0 Å². The number of hydrogen-bond acceptors (Lipinski definition) is 2. The number of fused-ring (bicyclic) bond motifs is 10. The van der Waals surface area contributed by atoms with Crippen LogP contribution >= 0.6 is 0 Å². The van der Waals surface area contributed by atoms with E-state index in [9.17, 15) is 9.90 Å². The van der Waals surface area contributed by atoms with Crippen molar-refractivity contribution in [3.63, 3.8) is 0 Å². The first-order valence-electron chi connectivity index (χ1n) is 17.6. The van der Waals surface area contributed by atoms with E-state index in [0.717, 1.165) is 67.6 Å². The first kappa shape index (κ1) is 26.7. The molecule has 0 heterocycles. The predicted octanol–water partition coefficient (Wildman–Crippen LogP) is 8.93. The van der Waals surface area contributed by atoms with Gasteiger partial charge in [-0.25, -0.2) is 0 Å². The van der Waals surface area contributed by atoms with Crippen LogP contribution < -0.4 is 0 Å². The minimum atomic E-state index is -0.177. The average molecular weight is 545 g/mol. The van der Waals surface area contributed by atoms with Gasteiger partial charge in [0.1, 0.15) is 5.78 Å². The maximum Gasteiger partial charge on any atom is 0.133 e. The quantitative estimate of drug-likeness (QED) is 0.335. The molecule has 6 saturated carbocycles. The molecule has 2 nitrogen and oxygen atoms in total. The van der Waals surface area contributed by atoms with E-state index < -0.39 is 0 Å². The Morgan fingerprint density at radius 3 is 2.08 bits per heavy atom. The number of rotatable bonds is 1. The minimum Gasteiger partial charge on any atom is -0.393 e. The van der Waals surface area contributed by atoms with Gasteiger partial charge in [0.25, 0.3) is 0 Å².